The third kappa shape index (κ3) is 2.95. The van der Waals surface area contributed by atoms with Gasteiger partial charge in [-0.15, -0.1) is 0 Å². The molecule has 0 atom stereocenters. The highest BCUT2D eigenvalue weighted by molar-refractivity contribution is 6.34. The lowest BCUT2D eigenvalue weighted by Gasteiger charge is -2.34. The first-order chi connectivity index (χ1) is 8.79. The number of hydrogen-bond donors (Lipinski definition) is 2. The molecule has 19 heavy (non-hydrogen) atoms. The van der Waals surface area contributed by atoms with E-state index in [1.54, 1.807) is 6.07 Å². The minimum absolute atomic E-state index is 0.0382. The second kappa shape index (κ2) is 4.93. The molecule has 104 valence electrons. The number of aliphatic imine (C=N–C) groups is 1. The van der Waals surface area contributed by atoms with Crippen LogP contribution in [0.4, 0.5) is 11.4 Å². The van der Waals surface area contributed by atoms with Crippen molar-refractivity contribution in [2.45, 2.75) is 33.2 Å². The molecule has 1 aliphatic heterocycles. The molecule has 0 unspecified atom stereocenters. The van der Waals surface area contributed by atoms with Gasteiger partial charge in [0.2, 0.25) is 0 Å². The molecule has 0 aliphatic carbocycles. The molecule has 5 heteroatoms. The van der Waals surface area contributed by atoms with Crippen LogP contribution >= 0.6 is 11.6 Å². The molecule has 1 aromatic carbocycles. The average Bonchev–Trinajstić information content (AvgIpc) is 2.70. The molecule has 3 N–H and O–H groups in total. The fraction of sp³-hybridized carbons (Fsp3) is 0.500. The van der Waals surface area contributed by atoms with Gasteiger partial charge in [-0.3, -0.25) is 4.99 Å². The van der Waals surface area contributed by atoms with Crippen LogP contribution in [0.25, 0.3) is 0 Å². The number of guanidine groups is 1. The zero-order valence-corrected chi connectivity index (χ0v) is 12.7. The molecule has 0 aromatic heterocycles. The first-order valence-corrected chi connectivity index (χ1v) is 6.81. The largest absolute Gasteiger partial charge is 0.399 e. The van der Waals surface area contributed by atoms with Gasteiger partial charge in [-0.2, -0.15) is 0 Å². The average molecular weight is 281 g/mol. The Bertz CT molecular complexity index is 494. The lowest BCUT2D eigenvalue weighted by Crippen LogP contribution is -2.46. The monoisotopic (exact) mass is 280 g/mol. The maximum atomic E-state index is 6.26. The van der Waals surface area contributed by atoms with Crippen LogP contribution in [-0.4, -0.2) is 29.5 Å². The molecule has 0 saturated heterocycles. The van der Waals surface area contributed by atoms with Crippen LogP contribution in [0.5, 0.6) is 0 Å². The normalized spacial score (nSPS) is 15.6. The molecule has 2 rings (SSSR count). The van der Waals surface area contributed by atoms with Crippen molar-refractivity contribution in [1.82, 2.24) is 4.90 Å². The van der Waals surface area contributed by atoms with Crippen molar-refractivity contribution < 1.29 is 0 Å². The van der Waals surface area contributed by atoms with Crippen molar-refractivity contribution in [1.29, 1.82) is 0 Å². The molecule has 0 fully saturated rings. The highest BCUT2D eigenvalue weighted by Gasteiger charge is 2.28. The SMILES string of the molecule is Cc1cc(N)cc(Cl)c1NC1=NCCN1C(C)(C)C. The van der Waals surface area contributed by atoms with E-state index in [1.807, 2.05) is 13.0 Å². The Morgan fingerprint density at radius 1 is 1.37 bits per heavy atom. The molecule has 0 radical (unpaired) electrons. The van der Waals surface area contributed by atoms with E-state index in [9.17, 15) is 0 Å². The molecular formula is C14H21ClN4. The predicted octanol–water partition coefficient (Wildman–Crippen LogP) is 3.11. The lowest BCUT2D eigenvalue weighted by atomic mass is 10.1. The maximum Gasteiger partial charge on any atom is 0.199 e. The summed E-state index contributed by atoms with van der Waals surface area (Å²) in [7, 11) is 0. The third-order valence-electron chi connectivity index (χ3n) is 3.20. The fourth-order valence-corrected chi connectivity index (χ4v) is 2.57. The van der Waals surface area contributed by atoms with Crippen molar-refractivity contribution in [3.05, 3.63) is 22.7 Å². The van der Waals surface area contributed by atoms with Crippen LogP contribution in [0.15, 0.2) is 17.1 Å². The molecule has 4 nitrogen and oxygen atoms in total. The maximum absolute atomic E-state index is 6.26. The van der Waals surface area contributed by atoms with Gasteiger partial charge in [-0.25, -0.2) is 0 Å². The summed E-state index contributed by atoms with van der Waals surface area (Å²) in [6.07, 6.45) is 0. The third-order valence-corrected chi connectivity index (χ3v) is 3.50. The van der Waals surface area contributed by atoms with Crippen LogP contribution < -0.4 is 11.1 Å². The van der Waals surface area contributed by atoms with Gasteiger partial charge in [-0.1, -0.05) is 11.6 Å². The Labute approximate surface area is 119 Å². The van der Waals surface area contributed by atoms with Gasteiger partial charge in [0.1, 0.15) is 0 Å². The Hall–Kier alpha value is -1.42. The number of anilines is 2. The molecule has 1 aromatic rings. The van der Waals surface area contributed by atoms with Gasteiger partial charge < -0.3 is 16.0 Å². The van der Waals surface area contributed by atoms with Crippen LogP contribution in [0.1, 0.15) is 26.3 Å². The predicted molar refractivity (Wildman–Crippen MR) is 83.0 cm³/mol. The Balaban J connectivity index is 2.27. The quantitative estimate of drug-likeness (QED) is 0.777. The number of nitrogen functional groups attached to an aromatic ring is 1. The second-order valence-corrected chi connectivity index (χ2v) is 6.25. The summed E-state index contributed by atoms with van der Waals surface area (Å²) in [5.41, 5.74) is 8.40. The smallest absolute Gasteiger partial charge is 0.199 e. The van der Waals surface area contributed by atoms with Crippen molar-refractivity contribution in [2.24, 2.45) is 4.99 Å². The van der Waals surface area contributed by atoms with Gasteiger partial charge in [0.15, 0.2) is 5.96 Å². The fourth-order valence-electron chi connectivity index (χ4n) is 2.25. The first kappa shape index (κ1) is 14.0. The standard InChI is InChI=1S/C14H21ClN4/c1-9-7-10(16)8-11(15)12(9)18-13-17-5-6-19(13)14(2,3)4/h7-8H,5-6,16H2,1-4H3,(H,17,18). The number of halogens is 1. The van der Waals surface area contributed by atoms with E-state index < -0.39 is 0 Å². The molecule has 0 spiro atoms. The van der Waals surface area contributed by atoms with Gasteiger partial charge in [0.25, 0.3) is 0 Å². The summed E-state index contributed by atoms with van der Waals surface area (Å²) in [4.78, 5) is 6.77. The number of nitrogens with two attached hydrogens (primary N) is 1. The van der Waals surface area contributed by atoms with E-state index >= 15 is 0 Å². The second-order valence-electron chi connectivity index (χ2n) is 5.85. The summed E-state index contributed by atoms with van der Waals surface area (Å²) in [5.74, 6) is 0.877. The molecule has 0 amide bonds. The number of nitrogens with zero attached hydrogens (tertiary/aromatic N) is 2. The summed E-state index contributed by atoms with van der Waals surface area (Å²) < 4.78 is 0. The number of nitrogens with one attached hydrogen (secondary N) is 1. The number of rotatable bonds is 1. The molecule has 0 saturated carbocycles. The van der Waals surface area contributed by atoms with Gasteiger partial charge in [-0.05, 0) is 45.4 Å². The van der Waals surface area contributed by atoms with Gasteiger partial charge >= 0.3 is 0 Å². The highest BCUT2D eigenvalue weighted by atomic mass is 35.5. The van der Waals surface area contributed by atoms with Gasteiger partial charge in [0.05, 0.1) is 17.3 Å². The van der Waals surface area contributed by atoms with Gasteiger partial charge in [0, 0.05) is 17.8 Å². The zero-order valence-electron chi connectivity index (χ0n) is 11.9. The van der Waals surface area contributed by atoms with E-state index in [0.29, 0.717) is 10.7 Å². The Kier molecular flexibility index (Phi) is 3.63. The highest BCUT2D eigenvalue weighted by Crippen LogP contribution is 2.30. The molecule has 0 bridgehead atoms. The first-order valence-electron chi connectivity index (χ1n) is 6.44. The van der Waals surface area contributed by atoms with E-state index in [1.165, 1.54) is 0 Å². The Morgan fingerprint density at radius 2 is 2.05 bits per heavy atom. The lowest BCUT2D eigenvalue weighted by molar-refractivity contribution is 0.257. The van der Waals surface area contributed by atoms with Crippen LogP contribution in [0.2, 0.25) is 5.02 Å². The Morgan fingerprint density at radius 3 is 2.63 bits per heavy atom. The summed E-state index contributed by atoms with van der Waals surface area (Å²) in [6.45, 7) is 10.2. The van der Waals surface area contributed by atoms with Crippen molar-refractivity contribution in [2.75, 3.05) is 24.1 Å². The summed E-state index contributed by atoms with van der Waals surface area (Å²) in [6, 6.07) is 3.67. The molecule has 1 aliphatic rings. The van der Waals surface area contributed by atoms with E-state index in [4.69, 9.17) is 17.3 Å². The van der Waals surface area contributed by atoms with E-state index in [-0.39, 0.29) is 5.54 Å². The van der Waals surface area contributed by atoms with Crippen LogP contribution in [0, 0.1) is 6.92 Å². The van der Waals surface area contributed by atoms with Crippen molar-refractivity contribution in [3.8, 4) is 0 Å². The molecule has 1 heterocycles. The number of benzene rings is 1. The number of aryl methyl sites for hydroxylation is 1. The van der Waals surface area contributed by atoms with Crippen LogP contribution in [-0.2, 0) is 0 Å². The van der Waals surface area contributed by atoms with Crippen molar-refractivity contribution in [3.63, 3.8) is 0 Å². The minimum atomic E-state index is 0.0382. The van der Waals surface area contributed by atoms with Crippen molar-refractivity contribution >= 4 is 28.9 Å². The zero-order chi connectivity index (χ0) is 14.2. The summed E-state index contributed by atoms with van der Waals surface area (Å²) >= 11 is 6.26. The minimum Gasteiger partial charge on any atom is -0.399 e. The van der Waals surface area contributed by atoms with E-state index in [0.717, 1.165) is 30.3 Å². The van der Waals surface area contributed by atoms with E-state index in [2.05, 4.69) is 36.0 Å². The number of hydrogen-bond acceptors (Lipinski definition) is 4. The topological polar surface area (TPSA) is 53.6 Å². The molecular weight excluding hydrogens is 260 g/mol. The van der Waals surface area contributed by atoms with Crippen LogP contribution in [0.3, 0.4) is 0 Å². The summed E-state index contributed by atoms with van der Waals surface area (Å²) in [5, 5.41) is 3.98.